The van der Waals surface area contributed by atoms with E-state index in [1.807, 2.05) is 0 Å². The molecule has 0 radical (unpaired) electrons. The third-order valence-electron chi connectivity index (χ3n) is 1.84. The molecule has 16 heavy (non-hydrogen) atoms. The predicted molar refractivity (Wildman–Crippen MR) is 66.5 cm³/mol. The molecule has 0 bridgehead atoms. The maximum Gasteiger partial charge on any atom is 0.308 e. The fourth-order valence-electron chi connectivity index (χ4n) is 0.768. The van der Waals surface area contributed by atoms with Crippen LogP contribution in [0.2, 0.25) is 0 Å². The largest absolute Gasteiger partial charge is 0.461 e. The predicted octanol–water partition coefficient (Wildman–Crippen LogP) is 2.33. The molecule has 0 saturated carbocycles. The zero-order chi connectivity index (χ0) is 12.6. The van der Waals surface area contributed by atoms with Gasteiger partial charge in [0.1, 0.15) is 6.61 Å². The van der Waals surface area contributed by atoms with Crippen molar-refractivity contribution in [1.82, 2.24) is 0 Å². The fourth-order valence-corrected chi connectivity index (χ4v) is 0.768. The monoisotopic (exact) mass is 221 g/mol. The Labute approximate surface area is 97.0 Å². The van der Waals surface area contributed by atoms with Crippen LogP contribution in [0.1, 0.15) is 13.8 Å². The Balaban J connectivity index is 4.37. The number of hydrogen-bond donors (Lipinski definition) is 1. The van der Waals surface area contributed by atoms with Crippen molar-refractivity contribution in [3.63, 3.8) is 0 Å². The highest BCUT2D eigenvalue weighted by molar-refractivity contribution is 5.71. The number of nitrogens with two attached hydrogens (primary N) is 1. The first-order valence-electron chi connectivity index (χ1n) is 5.09. The summed E-state index contributed by atoms with van der Waals surface area (Å²) in [5.41, 5.74) is 6.88. The van der Waals surface area contributed by atoms with Crippen LogP contribution >= 0.6 is 0 Å². The van der Waals surface area contributed by atoms with Crippen molar-refractivity contribution in [1.29, 1.82) is 0 Å². The second-order valence-electron chi connectivity index (χ2n) is 3.58. The fraction of sp³-hybridized carbons (Fsp3) is 0.308. The Morgan fingerprint density at radius 2 is 1.94 bits per heavy atom. The molecule has 0 aliphatic carbocycles. The van der Waals surface area contributed by atoms with Crippen LogP contribution in [-0.4, -0.2) is 12.6 Å². The highest BCUT2D eigenvalue weighted by Gasteiger charge is 2.07. The van der Waals surface area contributed by atoms with Gasteiger partial charge in [0.15, 0.2) is 0 Å². The molecule has 2 N–H and O–H groups in total. The molecule has 0 spiro atoms. The SMILES string of the molecule is C=C/C(N)=C\C=C(/C=C)COC(=O)C(C)C. The quantitative estimate of drug-likeness (QED) is 0.553. The average molecular weight is 221 g/mol. The number of hydrogen-bond acceptors (Lipinski definition) is 3. The summed E-state index contributed by atoms with van der Waals surface area (Å²) < 4.78 is 5.05. The van der Waals surface area contributed by atoms with E-state index in [4.69, 9.17) is 10.5 Å². The molecule has 3 heteroatoms. The first-order valence-corrected chi connectivity index (χ1v) is 5.09. The van der Waals surface area contributed by atoms with Gasteiger partial charge in [-0.3, -0.25) is 4.79 Å². The van der Waals surface area contributed by atoms with Gasteiger partial charge in [0.2, 0.25) is 0 Å². The highest BCUT2D eigenvalue weighted by atomic mass is 16.5. The standard InChI is InChI=1S/C13H19NO2/c1-5-11(7-8-12(14)6-2)9-16-13(15)10(3)4/h5-8,10H,1-2,9,14H2,3-4H3/b11-7+,12-8+. The van der Waals surface area contributed by atoms with E-state index in [1.165, 1.54) is 6.08 Å². The van der Waals surface area contributed by atoms with E-state index in [9.17, 15) is 4.79 Å². The molecule has 0 atom stereocenters. The number of esters is 1. The van der Waals surface area contributed by atoms with Crippen LogP contribution in [0.3, 0.4) is 0 Å². The maximum absolute atomic E-state index is 11.2. The van der Waals surface area contributed by atoms with E-state index < -0.39 is 0 Å². The second kappa shape index (κ2) is 7.51. The van der Waals surface area contributed by atoms with Crippen molar-refractivity contribution in [3.05, 3.63) is 48.7 Å². The number of carbonyl (C=O) groups excluding carboxylic acids is 1. The van der Waals surface area contributed by atoms with Crippen molar-refractivity contribution >= 4 is 5.97 Å². The van der Waals surface area contributed by atoms with Gasteiger partial charge in [-0.25, -0.2) is 0 Å². The summed E-state index contributed by atoms with van der Waals surface area (Å²) in [6, 6.07) is 0. The van der Waals surface area contributed by atoms with Gasteiger partial charge in [-0.05, 0) is 17.7 Å². The molecule has 0 saturated heterocycles. The maximum atomic E-state index is 11.2. The lowest BCUT2D eigenvalue weighted by molar-refractivity contribution is -0.146. The van der Waals surface area contributed by atoms with Gasteiger partial charge in [-0.15, -0.1) is 0 Å². The highest BCUT2D eigenvalue weighted by Crippen LogP contribution is 2.02. The van der Waals surface area contributed by atoms with Crippen LogP contribution < -0.4 is 5.73 Å². The Hall–Kier alpha value is -1.77. The van der Waals surface area contributed by atoms with E-state index in [1.54, 1.807) is 32.1 Å². The molecule has 0 aromatic heterocycles. The number of allylic oxidation sites excluding steroid dienone is 3. The molecule has 3 nitrogen and oxygen atoms in total. The molecule has 0 unspecified atom stereocenters. The topological polar surface area (TPSA) is 52.3 Å². The average Bonchev–Trinajstić information content (AvgIpc) is 2.28. The molecular formula is C13H19NO2. The number of ether oxygens (including phenoxy) is 1. The Bertz CT molecular complexity index is 325. The molecular weight excluding hydrogens is 202 g/mol. The first kappa shape index (κ1) is 14.2. The van der Waals surface area contributed by atoms with Crippen molar-refractivity contribution in [2.24, 2.45) is 11.7 Å². The van der Waals surface area contributed by atoms with E-state index in [0.717, 1.165) is 5.57 Å². The zero-order valence-corrected chi connectivity index (χ0v) is 9.90. The van der Waals surface area contributed by atoms with Gasteiger partial charge >= 0.3 is 5.97 Å². The molecule has 0 heterocycles. The van der Waals surface area contributed by atoms with Gasteiger partial charge in [0.25, 0.3) is 0 Å². The van der Waals surface area contributed by atoms with Gasteiger partial charge in [-0.1, -0.05) is 39.2 Å². The first-order chi connectivity index (χ1) is 7.51. The van der Waals surface area contributed by atoms with Gasteiger partial charge in [-0.2, -0.15) is 0 Å². The smallest absolute Gasteiger partial charge is 0.308 e. The van der Waals surface area contributed by atoms with E-state index in [-0.39, 0.29) is 18.5 Å². The van der Waals surface area contributed by atoms with Crippen molar-refractivity contribution in [2.45, 2.75) is 13.8 Å². The summed E-state index contributed by atoms with van der Waals surface area (Å²) in [4.78, 5) is 11.2. The Morgan fingerprint density at radius 3 is 2.38 bits per heavy atom. The molecule has 0 rings (SSSR count). The molecule has 88 valence electrons. The molecule has 0 aliphatic rings. The zero-order valence-electron chi connectivity index (χ0n) is 9.90. The number of rotatable bonds is 6. The lowest BCUT2D eigenvalue weighted by atomic mass is 10.2. The van der Waals surface area contributed by atoms with Gasteiger partial charge in [0, 0.05) is 5.70 Å². The minimum absolute atomic E-state index is 0.125. The summed E-state index contributed by atoms with van der Waals surface area (Å²) in [5, 5.41) is 0. The normalized spacial score (nSPS) is 12.4. The van der Waals surface area contributed by atoms with Crippen LogP contribution in [0.4, 0.5) is 0 Å². The van der Waals surface area contributed by atoms with Crippen LogP contribution in [-0.2, 0) is 9.53 Å². The summed E-state index contributed by atoms with van der Waals surface area (Å²) in [7, 11) is 0. The molecule has 0 amide bonds. The molecule has 0 aliphatic heterocycles. The minimum Gasteiger partial charge on any atom is -0.461 e. The van der Waals surface area contributed by atoms with Crippen LogP contribution in [0.5, 0.6) is 0 Å². The van der Waals surface area contributed by atoms with Gasteiger partial charge < -0.3 is 10.5 Å². The van der Waals surface area contributed by atoms with Crippen LogP contribution in [0.15, 0.2) is 48.7 Å². The summed E-state index contributed by atoms with van der Waals surface area (Å²) in [6.07, 6.45) is 6.60. The molecule has 0 aromatic carbocycles. The summed E-state index contributed by atoms with van der Waals surface area (Å²) in [5.74, 6) is -0.353. The van der Waals surface area contributed by atoms with Gasteiger partial charge in [0.05, 0.1) is 5.92 Å². The minimum atomic E-state index is -0.228. The Morgan fingerprint density at radius 1 is 1.31 bits per heavy atom. The lowest BCUT2D eigenvalue weighted by Gasteiger charge is -2.07. The second-order valence-corrected chi connectivity index (χ2v) is 3.58. The van der Waals surface area contributed by atoms with Crippen molar-refractivity contribution in [3.8, 4) is 0 Å². The lowest BCUT2D eigenvalue weighted by Crippen LogP contribution is -2.13. The third kappa shape index (κ3) is 5.86. The van der Waals surface area contributed by atoms with Crippen LogP contribution in [0, 0.1) is 5.92 Å². The molecule has 0 fully saturated rings. The van der Waals surface area contributed by atoms with E-state index in [0.29, 0.717) is 5.70 Å². The van der Waals surface area contributed by atoms with E-state index in [2.05, 4.69) is 13.2 Å². The van der Waals surface area contributed by atoms with Crippen molar-refractivity contribution in [2.75, 3.05) is 6.61 Å². The molecule has 0 aromatic rings. The summed E-state index contributed by atoms with van der Waals surface area (Å²) >= 11 is 0. The summed E-state index contributed by atoms with van der Waals surface area (Å²) in [6.45, 7) is 10.9. The number of carbonyl (C=O) groups is 1. The van der Waals surface area contributed by atoms with E-state index >= 15 is 0 Å². The van der Waals surface area contributed by atoms with Crippen LogP contribution in [0.25, 0.3) is 0 Å². The third-order valence-corrected chi connectivity index (χ3v) is 1.84. The van der Waals surface area contributed by atoms with Crippen molar-refractivity contribution < 1.29 is 9.53 Å². The Kier molecular flexibility index (Phi) is 6.68.